The predicted octanol–water partition coefficient (Wildman–Crippen LogP) is 2.75. The summed E-state index contributed by atoms with van der Waals surface area (Å²) in [4.78, 5) is 13.9. The third kappa shape index (κ3) is 2.61. The second-order valence-corrected chi connectivity index (χ2v) is 5.89. The maximum atomic E-state index is 4.71. The molecule has 1 aliphatic carbocycles. The highest BCUT2D eigenvalue weighted by molar-refractivity contribution is 7.09. The summed E-state index contributed by atoms with van der Waals surface area (Å²) < 4.78 is 0. The number of anilines is 1. The standard InChI is InChI=1S/C14H18N4S/c1-3-15-14-11-5-4-6-12(11)17-13(18-14)7-10-8-19-9(2)16-10/h8H,3-7H2,1-2H3,(H,15,17,18). The summed E-state index contributed by atoms with van der Waals surface area (Å²) in [6.45, 7) is 5.04. The van der Waals surface area contributed by atoms with Crippen molar-refractivity contribution in [2.24, 2.45) is 0 Å². The van der Waals surface area contributed by atoms with Crippen molar-refractivity contribution in [1.82, 2.24) is 15.0 Å². The van der Waals surface area contributed by atoms with Gasteiger partial charge in [0.15, 0.2) is 0 Å². The Balaban J connectivity index is 1.91. The molecular formula is C14H18N4S. The number of thiazole rings is 1. The Hall–Kier alpha value is -1.49. The van der Waals surface area contributed by atoms with E-state index < -0.39 is 0 Å². The molecule has 0 radical (unpaired) electrons. The molecule has 2 aromatic heterocycles. The van der Waals surface area contributed by atoms with E-state index in [9.17, 15) is 0 Å². The van der Waals surface area contributed by atoms with Gasteiger partial charge >= 0.3 is 0 Å². The number of aromatic nitrogens is 3. The van der Waals surface area contributed by atoms with Crippen LogP contribution in [0.3, 0.4) is 0 Å². The molecule has 0 unspecified atom stereocenters. The third-order valence-corrected chi connectivity index (χ3v) is 4.15. The molecule has 0 aromatic carbocycles. The van der Waals surface area contributed by atoms with E-state index in [4.69, 9.17) is 4.98 Å². The summed E-state index contributed by atoms with van der Waals surface area (Å²) in [6.07, 6.45) is 4.12. The summed E-state index contributed by atoms with van der Waals surface area (Å²) in [7, 11) is 0. The molecule has 0 bridgehead atoms. The monoisotopic (exact) mass is 274 g/mol. The first-order valence-electron chi connectivity index (χ1n) is 6.80. The molecule has 0 fully saturated rings. The Labute approximate surface area is 117 Å². The number of nitrogens with one attached hydrogen (secondary N) is 1. The maximum Gasteiger partial charge on any atom is 0.137 e. The van der Waals surface area contributed by atoms with E-state index in [0.717, 1.165) is 48.2 Å². The van der Waals surface area contributed by atoms with Gasteiger partial charge in [-0.05, 0) is 33.1 Å². The van der Waals surface area contributed by atoms with Crippen molar-refractivity contribution in [1.29, 1.82) is 0 Å². The molecule has 2 heterocycles. The minimum Gasteiger partial charge on any atom is -0.370 e. The summed E-state index contributed by atoms with van der Waals surface area (Å²) in [5, 5.41) is 6.57. The molecular weight excluding hydrogens is 256 g/mol. The molecule has 1 aliphatic rings. The van der Waals surface area contributed by atoms with Crippen molar-refractivity contribution in [3.05, 3.63) is 33.2 Å². The molecule has 1 N–H and O–H groups in total. The van der Waals surface area contributed by atoms with Gasteiger partial charge in [0.1, 0.15) is 11.6 Å². The average molecular weight is 274 g/mol. The van der Waals surface area contributed by atoms with Gasteiger partial charge in [-0.1, -0.05) is 0 Å². The summed E-state index contributed by atoms with van der Waals surface area (Å²) in [6, 6.07) is 0. The van der Waals surface area contributed by atoms with E-state index in [2.05, 4.69) is 27.6 Å². The molecule has 0 saturated carbocycles. The fourth-order valence-corrected chi connectivity index (χ4v) is 3.14. The minimum atomic E-state index is 0.732. The highest BCUT2D eigenvalue weighted by atomic mass is 32.1. The van der Waals surface area contributed by atoms with Gasteiger partial charge in [-0.15, -0.1) is 11.3 Å². The number of nitrogens with zero attached hydrogens (tertiary/aromatic N) is 3. The Bertz CT molecular complexity index is 591. The van der Waals surface area contributed by atoms with Gasteiger partial charge in [0.25, 0.3) is 0 Å². The van der Waals surface area contributed by atoms with Crippen LogP contribution in [0.1, 0.15) is 41.1 Å². The van der Waals surface area contributed by atoms with Crippen molar-refractivity contribution < 1.29 is 0 Å². The summed E-state index contributed by atoms with van der Waals surface area (Å²) in [5.41, 5.74) is 3.62. The Morgan fingerprint density at radius 2 is 2.16 bits per heavy atom. The van der Waals surface area contributed by atoms with Crippen LogP contribution in [0.2, 0.25) is 0 Å². The van der Waals surface area contributed by atoms with Gasteiger partial charge in [-0.2, -0.15) is 0 Å². The molecule has 0 spiro atoms. The first-order chi connectivity index (χ1) is 9.26. The van der Waals surface area contributed by atoms with E-state index in [0.29, 0.717) is 0 Å². The normalized spacial score (nSPS) is 13.6. The molecule has 0 amide bonds. The van der Waals surface area contributed by atoms with Crippen LogP contribution in [-0.2, 0) is 19.3 Å². The molecule has 0 saturated heterocycles. The summed E-state index contributed by atoms with van der Waals surface area (Å²) >= 11 is 1.68. The van der Waals surface area contributed by atoms with Gasteiger partial charge in [0, 0.05) is 23.2 Å². The van der Waals surface area contributed by atoms with Gasteiger partial charge < -0.3 is 5.32 Å². The van der Waals surface area contributed by atoms with Crippen LogP contribution >= 0.6 is 11.3 Å². The Kier molecular flexibility index (Phi) is 3.46. The van der Waals surface area contributed by atoms with Crippen LogP contribution < -0.4 is 5.32 Å². The topological polar surface area (TPSA) is 50.7 Å². The highest BCUT2D eigenvalue weighted by Gasteiger charge is 2.19. The Morgan fingerprint density at radius 1 is 1.26 bits per heavy atom. The average Bonchev–Trinajstić information content (AvgIpc) is 2.99. The Morgan fingerprint density at radius 3 is 2.89 bits per heavy atom. The zero-order chi connectivity index (χ0) is 13.2. The predicted molar refractivity (Wildman–Crippen MR) is 77.9 cm³/mol. The van der Waals surface area contributed by atoms with Crippen LogP contribution in [0, 0.1) is 6.92 Å². The zero-order valence-electron chi connectivity index (χ0n) is 11.4. The van der Waals surface area contributed by atoms with Crippen molar-refractivity contribution in [3.8, 4) is 0 Å². The number of fused-ring (bicyclic) bond motifs is 1. The number of hydrogen-bond donors (Lipinski definition) is 1. The third-order valence-electron chi connectivity index (χ3n) is 3.33. The minimum absolute atomic E-state index is 0.732. The van der Waals surface area contributed by atoms with Gasteiger partial charge in [-0.25, -0.2) is 15.0 Å². The molecule has 5 heteroatoms. The second kappa shape index (κ2) is 5.25. The molecule has 100 valence electrons. The van der Waals surface area contributed by atoms with Gasteiger partial charge in [-0.3, -0.25) is 0 Å². The molecule has 19 heavy (non-hydrogen) atoms. The first-order valence-corrected chi connectivity index (χ1v) is 7.67. The zero-order valence-corrected chi connectivity index (χ0v) is 12.2. The molecule has 3 rings (SSSR count). The lowest BCUT2D eigenvalue weighted by atomic mass is 10.2. The number of hydrogen-bond acceptors (Lipinski definition) is 5. The van der Waals surface area contributed by atoms with Crippen LogP contribution in [0.15, 0.2) is 5.38 Å². The lowest BCUT2D eigenvalue weighted by Crippen LogP contribution is -2.09. The van der Waals surface area contributed by atoms with E-state index >= 15 is 0 Å². The number of aryl methyl sites for hydroxylation is 2. The van der Waals surface area contributed by atoms with E-state index in [-0.39, 0.29) is 0 Å². The lowest BCUT2D eigenvalue weighted by molar-refractivity contribution is 0.879. The molecule has 2 aromatic rings. The van der Waals surface area contributed by atoms with Gasteiger partial charge in [0.2, 0.25) is 0 Å². The highest BCUT2D eigenvalue weighted by Crippen LogP contribution is 2.26. The molecule has 4 nitrogen and oxygen atoms in total. The van der Waals surface area contributed by atoms with E-state index in [1.807, 2.05) is 6.92 Å². The fourth-order valence-electron chi connectivity index (χ4n) is 2.53. The second-order valence-electron chi connectivity index (χ2n) is 4.83. The van der Waals surface area contributed by atoms with Crippen molar-refractivity contribution in [3.63, 3.8) is 0 Å². The van der Waals surface area contributed by atoms with Crippen molar-refractivity contribution in [2.45, 2.75) is 39.5 Å². The van der Waals surface area contributed by atoms with Crippen LogP contribution in [-0.4, -0.2) is 21.5 Å². The SMILES string of the molecule is CCNc1nc(Cc2csc(C)n2)nc2c1CCC2. The van der Waals surface area contributed by atoms with Crippen molar-refractivity contribution >= 4 is 17.2 Å². The summed E-state index contributed by atoms with van der Waals surface area (Å²) in [5.74, 6) is 1.92. The van der Waals surface area contributed by atoms with E-state index in [1.165, 1.54) is 17.7 Å². The van der Waals surface area contributed by atoms with Crippen molar-refractivity contribution in [2.75, 3.05) is 11.9 Å². The maximum absolute atomic E-state index is 4.71. The fraction of sp³-hybridized carbons (Fsp3) is 0.500. The first kappa shape index (κ1) is 12.5. The molecule has 0 atom stereocenters. The lowest BCUT2D eigenvalue weighted by Gasteiger charge is -2.10. The smallest absolute Gasteiger partial charge is 0.137 e. The molecule has 0 aliphatic heterocycles. The number of rotatable bonds is 4. The largest absolute Gasteiger partial charge is 0.370 e. The van der Waals surface area contributed by atoms with Crippen LogP contribution in [0.25, 0.3) is 0 Å². The van der Waals surface area contributed by atoms with Crippen LogP contribution in [0.4, 0.5) is 5.82 Å². The quantitative estimate of drug-likeness (QED) is 0.931. The van der Waals surface area contributed by atoms with Crippen LogP contribution in [0.5, 0.6) is 0 Å². The van der Waals surface area contributed by atoms with E-state index in [1.54, 1.807) is 11.3 Å². The van der Waals surface area contributed by atoms with Gasteiger partial charge in [0.05, 0.1) is 17.1 Å².